The molecule has 0 aliphatic heterocycles. The molecular formula is C16H16FNO4. The topological polar surface area (TPSA) is 79.5 Å². The second kappa shape index (κ2) is 7.40. The Balaban J connectivity index is 1.98. The maximum Gasteiger partial charge on any atom is 0.305 e. The lowest BCUT2D eigenvalue weighted by atomic mass is 10.0. The number of carbonyl (C=O) groups is 2. The van der Waals surface area contributed by atoms with Crippen molar-refractivity contribution in [3.05, 3.63) is 59.8 Å². The lowest BCUT2D eigenvalue weighted by molar-refractivity contribution is -0.137. The summed E-state index contributed by atoms with van der Waals surface area (Å²) in [6.45, 7) is 0. The molecule has 0 saturated heterocycles. The third-order valence-electron chi connectivity index (χ3n) is 3.16. The zero-order valence-corrected chi connectivity index (χ0v) is 11.8. The maximum absolute atomic E-state index is 12.9. The lowest BCUT2D eigenvalue weighted by Crippen LogP contribution is -2.30. The molecule has 0 fully saturated rings. The van der Waals surface area contributed by atoms with Crippen molar-refractivity contribution >= 4 is 11.9 Å². The molecule has 0 aliphatic rings. The zero-order chi connectivity index (χ0) is 15.9. The minimum absolute atomic E-state index is 0.185. The fraction of sp³-hybridized carbons (Fsp3) is 0.250. The van der Waals surface area contributed by atoms with E-state index in [0.717, 1.165) is 0 Å². The normalized spacial score (nSPS) is 11.9. The Morgan fingerprint density at radius 3 is 2.55 bits per heavy atom. The highest BCUT2D eigenvalue weighted by molar-refractivity contribution is 5.77. The van der Waals surface area contributed by atoms with E-state index < -0.39 is 17.8 Å². The Bertz CT molecular complexity index is 622. The number of aliphatic carboxylic acids is 1. The van der Waals surface area contributed by atoms with Crippen LogP contribution in [0.2, 0.25) is 0 Å². The Morgan fingerprint density at radius 1 is 1.23 bits per heavy atom. The average Bonchev–Trinajstić information content (AvgIpc) is 2.98. The van der Waals surface area contributed by atoms with Crippen LogP contribution in [0.15, 0.2) is 47.1 Å². The van der Waals surface area contributed by atoms with Crippen molar-refractivity contribution < 1.29 is 23.5 Å². The highest BCUT2D eigenvalue weighted by Crippen LogP contribution is 2.18. The van der Waals surface area contributed by atoms with Crippen LogP contribution in [-0.4, -0.2) is 17.0 Å². The number of benzene rings is 1. The first-order valence-corrected chi connectivity index (χ1v) is 6.83. The third kappa shape index (κ3) is 4.73. The van der Waals surface area contributed by atoms with Crippen LogP contribution in [0.25, 0.3) is 0 Å². The van der Waals surface area contributed by atoms with Gasteiger partial charge in [0.1, 0.15) is 11.6 Å². The molecule has 0 bridgehead atoms. The molecule has 1 atom stereocenters. The van der Waals surface area contributed by atoms with E-state index in [2.05, 4.69) is 5.32 Å². The maximum atomic E-state index is 12.9. The van der Waals surface area contributed by atoms with Crippen molar-refractivity contribution in [2.45, 2.75) is 25.3 Å². The SMILES string of the molecule is O=C(O)CC(NC(=O)CCc1ccco1)c1ccc(F)cc1. The smallest absolute Gasteiger partial charge is 0.305 e. The molecule has 0 saturated carbocycles. The van der Waals surface area contributed by atoms with Crippen molar-refractivity contribution in [1.29, 1.82) is 0 Å². The average molecular weight is 305 g/mol. The minimum atomic E-state index is -1.04. The molecule has 5 nitrogen and oxygen atoms in total. The summed E-state index contributed by atoms with van der Waals surface area (Å²) < 4.78 is 18.1. The zero-order valence-electron chi connectivity index (χ0n) is 11.8. The predicted octanol–water partition coefficient (Wildman–Crippen LogP) is 2.68. The summed E-state index contributed by atoms with van der Waals surface area (Å²) in [5.74, 6) is -1.05. The van der Waals surface area contributed by atoms with Gasteiger partial charge >= 0.3 is 5.97 Å². The molecule has 1 unspecified atom stereocenters. The molecular weight excluding hydrogens is 289 g/mol. The third-order valence-corrected chi connectivity index (χ3v) is 3.16. The number of hydrogen-bond acceptors (Lipinski definition) is 3. The summed E-state index contributed by atoms with van der Waals surface area (Å²) in [5.41, 5.74) is 0.551. The molecule has 0 radical (unpaired) electrons. The number of hydrogen-bond donors (Lipinski definition) is 2. The number of carboxylic acids is 1. The number of carbonyl (C=O) groups excluding carboxylic acids is 1. The predicted molar refractivity (Wildman–Crippen MR) is 76.6 cm³/mol. The van der Waals surface area contributed by atoms with Crippen LogP contribution in [0.3, 0.4) is 0 Å². The van der Waals surface area contributed by atoms with Crippen molar-refractivity contribution in [3.8, 4) is 0 Å². The molecule has 1 amide bonds. The molecule has 1 aromatic carbocycles. The molecule has 2 aromatic rings. The number of halogens is 1. The van der Waals surface area contributed by atoms with Gasteiger partial charge in [0.15, 0.2) is 0 Å². The number of nitrogens with one attached hydrogen (secondary N) is 1. The molecule has 1 aromatic heterocycles. The van der Waals surface area contributed by atoms with Crippen molar-refractivity contribution in [3.63, 3.8) is 0 Å². The van der Waals surface area contributed by atoms with E-state index in [1.54, 1.807) is 12.1 Å². The van der Waals surface area contributed by atoms with Gasteiger partial charge in [-0.3, -0.25) is 9.59 Å². The van der Waals surface area contributed by atoms with Gasteiger partial charge in [-0.1, -0.05) is 12.1 Å². The Kier molecular flexibility index (Phi) is 5.30. The van der Waals surface area contributed by atoms with Gasteiger partial charge in [0.2, 0.25) is 5.91 Å². The summed E-state index contributed by atoms with van der Waals surface area (Å²) in [6, 6.07) is 8.22. The second-order valence-electron chi connectivity index (χ2n) is 4.85. The van der Waals surface area contributed by atoms with Crippen molar-refractivity contribution in [2.75, 3.05) is 0 Å². The molecule has 22 heavy (non-hydrogen) atoms. The molecule has 116 valence electrons. The van der Waals surface area contributed by atoms with Crippen LogP contribution >= 0.6 is 0 Å². The van der Waals surface area contributed by atoms with Gasteiger partial charge in [-0.05, 0) is 29.8 Å². The molecule has 0 spiro atoms. The second-order valence-corrected chi connectivity index (χ2v) is 4.85. The lowest BCUT2D eigenvalue weighted by Gasteiger charge is -2.17. The van der Waals surface area contributed by atoms with E-state index in [1.165, 1.54) is 30.5 Å². The van der Waals surface area contributed by atoms with E-state index in [-0.39, 0.29) is 18.7 Å². The number of amides is 1. The first-order chi connectivity index (χ1) is 10.5. The molecule has 0 aliphatic carbocycles. The van der Waals surface area contributed by atoms with Gasteiger partial charge in [-0.25, -0.2) is 4.39 Å². The van der Waals surface area contributed by atoms with Gasteiger partial charge in [0, 0.05) is 12.8 Å². The van der Waals surface area contributed by atoms with E-state index in [1.807, 2.05) is 0 Å². The quantitative estimate of drug-likeness (QED) is 0.824. The van der Waals surface area contributed by atoms with Gasteiger partial charge in [0.25, 0.3) is 0 Å². The molecule has 6 heteroatoms. The monoisotopic (exact) mass is 305 g/mol. The van der Waals surface area contributed by atoms with Crippen molar-refractivity contribution in [1.82, 2.24) is 5.32 Å². The van der Waals surface area contributed by atoms with Crippen LogP contribution in [0.5, 0.6) is 0 Å². The standard InChI is InChI=1S/C16H16FNO4/c17-12-5-3-11(4-6-12)14(10-16(20)21)18-15(19)8-7-13-2-1-9-22-13/h1-6,9,14H,7-8,10H2,(H,18,19)(H,20,21). The minimum Gasteiger partial charge on any atom is -0.481 e. The highest BCUT2D eigenvalue weighted by Gasteiger charge is 2.18. The van der Waals surface area contributed by atoms with E-state index in [9.17, 15) is 14.0 Å². The summed E-state index contributed by atoms with van der Waals surface area (Å²) in [6.07, 6.45) is 1.88. The first-order valence-electron chi connectivity index (χ1n) is 6.83. The number of rotatable bonds is 7. The largest absolute Gasteiger partial charge is 0.481 e. The Hall–Kier alpha value is -2.63. The van der Waals surface area contributed by atoms with Crippen LogP contribution in [0.4, 0.5) is 4.39 Å². The van der Waals surface area contributed by atoms with E-state index >= 15 is 0 Å². The highest BCUT2D eigenvalue weighted by atomic mass is 19.1. The van der Waals surface area contributed by atoms with Gasteiger partial charge < -0.3 is 14.8 Å². The van der Waals surface area contributed by atoms with Crippen LogP contribution in [-0.2, 0) is 16.0 Å². The summed E-state index contributed by atoms with van der Waals surface area (Å²) in [5, 5.41) is 11.6. The van der Waals surface area contributed by atoms with Crippen LogP contribution in [0, 0.1) is 5.82 Å². The van der Waals surface area contributed by atoms with Crippen molar-refractivity contribution in [2.24, 2.45) is 0 Å². The van der Waals surface area contributed by atoms with Gasteiger partial charge in [0.05, 0.1) is 18.7 Å². The van der Waals surface area contributed by atoms with Gasteiger partial charge in [-0.15, -0.1) is 0 Å². The number of aryl methyl sites for hydroxylation is 1. The van der Waals surface area contributed by atoms with Gasteiger partial charge in [-0.2, -0.15) is 0 Å². The first kappa shape index (κ1) is 15.8. The molecule has 2 N–H and O–H groups in total. The fourth-order valence-corrected chi connectivity index (χ4v) is 2.08. The fourth-order valence-electron chi connectivity index (χ4n) is 2.08. The van der Waals surface area contributed by atoms with E-state index in [4.69, 9.17) is 9.52 Å². The summed E-state index contributed by atoms with van der Waals surface area (Å²) in [7, 11) is 0. The Labute approximate surface area is 126 Å². The number of carboxylic acid groups (broad SMARTS) is 1. The molecule has 1 heterocycles. The summed E-state index contributed by atoms with van der Waals surface area (Å²) in [4.78, 5) is 22.9. The van der Waals surface area contributed by atoms with Crippen LogP contribution < -0.4 is 5.32 Å². The van der Waals surface area contributed by atoms with Crippen LogP contribution in [0.1, 0.15) is 30.2 Å². The molecule has 2 rings (SSSR count). The van der Waals surface area contributed by atoms with E-state index in [0.29, 0.717) is 17.7 Å². The number of furan rings is 1. The Morgan fingerprint density at radius 2 is 1.95 bits per heavy atom. The summed E-state index contributed by atoms with van der Waals surface area (Å²) >= 11 is 0.